The number of carbonyl (C=O) groups excluding carboxylic acids is 1. The number of esters is 1. The minimum absolute atomic E-state index is 0.244. The van der Waals surface area contributed by atoms with Crippen LogP contribution >= 0.6 is 11.6 Å². The van der Waals surface area contributed by atoms with Crippen LogP contribution in [0.3, 0.4) is 0 Å². The molecular weight excluding hydrogens is 400 g/mol. The molecule has 0 saturated heterocycles. The first-order valence-electron chi connectivity index (χ1n) is 10.1. The van der Waals surface area contributed by atoms with Crippen LogP contribution in [0.1, 0.15) is 43.0 Å². The van der Waals surface area contributed by atoms with Gasteiger partial charge in [0.2, 0.25) is 0 Å². The highest BCUT2D eigenvalue weighted by Gasteiger charge is 2.25. The molecule has 2 aromatic carbocycles. The van der Waals surface area contributed by atoms with E-state index in [0.29, 0.717) is 28.3 Å². The van der Waals surface area contributed by atoms with E-state index in [1.54, 1.807) is 16.7 Å². The standard InChI is InChI=1S/C23H23ClN4O2/c1-2-3-4-7-14-30-23(29)19-20-22(27-18-9-6-5-8-17(18)26-20)28(21(19)25)16-12-10-15(24)11-13-16/h5-6,8-13H,2-4,7,14,25H2,1H3. The summed E-state index contributed by atoms with van der Waals surface area (Å²) in [6.07, 6.45) is 4.09. The van der Waals surface area contributed by atoms with E-state index in [9.17, 15) is 4.79 Å². The highest BCUT2D eigenvalue weighted by molar-refractivity contribution is 6.30. The predicted molar refractivity (Wildman–Crippen MR) is 120 cm³/mol. The van der Waals surface area contributed by atoms with Gasteiger partial charge >= 0.3 is 5.97 Å². The second-order valence-electron chi connectivity index (χ2n) is 7.15. The zero-order chi connectivity index (χ0) is 21.1. The fourth-order valence-electron chi connectivity index (χ4n) is 3.48. The van der Waals surface area contributed by atoms with E-state index < -0.39 is 5.97 Å². The number of unbranched alkanes of at least 4 members (excludes halogenated alkanes) is 3. The third-order valence-corrected chi connectivity index (χ3v) is 5.27. The summed E-state index contributed by atoms with van der Waals surface area (Å²) < 4.78 is 7.24. The number of aromatic nitrogens is 3. The van der Waals surface area contributed by atoms with Gasteiger partial charge in [0.1, 0.15) is 16.9 Å². The lowest BCUT2D eigenvalue weighted by molar-refractivity contribution is 0.0501. The number of halogens is 1. The van der Waals surface area contributed by atoms with Gasteiger partial charge in [-0.15, -0.1) is 0 Å². The number of nitrogen functional groups attached to an aromatic ring is 1. The van der Waals surface area contributed by atoms with Crippen molar-refractivity contribution in [2.45, 2.75) is 32.6 Å². The van der Waals surface area contributed by atoms with Gasteiger partial charge in [-0.1, -0.05) is 49.9 Å². The molecule has 0 amide bonds. The number of hydrogen-bond acceptors (Lipinski definition) is 5. The van der Waals surface area contributed by atoms with E-state index >= 15 is 0 Å². The number of ether oxygens (including phenoxy) is 1. The Morgan fingerprint density at radius 3 is 2.43 bits per heavy atom. The van der Waals surface area contributed by atoms with Crippen molar-refractivity contribution in [3.63, 3.8) is 0 Å². The lowest BCUT2D eigenvalue weighted by atomic mass is 10.2. The molecule has 0 fully saturated rings. The minimum atomic E-state index is -0.480. The van der Waals surface area contributed by atoms with Crippen molar-refractivity contribution in [3.8, 4) is 5.69 Å². The molecule has 0 aliphatic rings. The molecule has 0 radical (unpaired) electrons. The molecule has 2 heterocycles. The summed E-state index contributed by atoms with van der Waals surface area (Å²) in [7, 11) is 0. The Kier molecular flexibility index (Phi) is 5.86. The summed E-state index contributed by atoms with van der Waals surface area (Å²) in [6, 6.07) is 14.7. The molecule has 4 rings (SSSR count). The van der Waals surface area contributed by atoms with Gasteiger partial charge in [0.05, 0.1) is 17.6 Å². The molecule has 0 atom stereocenters. The minimum Gasteiger partial charge on any atom is -0.462 e. The number of rotatable bonds is 7. The molecular formula is C23H23ClN4O2. The van der Waals surface area contributed by atoms with Crippen LogP contribution in [0.25, 0.3) is 27.9 Å². The van der Waals surface area contributed by atoms with Crippen molar-refractivity contribution in [1.29, 1.82) is 0 Å². The second kappa shape index (κ2) is 8.71. The molecule has 0 bridgehead atoms. The van der Waals surface area contributed by atoms with Crippen molar-refractivity contribution in [2.24, 2.45) is 0 Å². The van der Waals surface area contributed by atoms with Gasteiger partial charge in [-0.2, -0.15) is 0 Å². The van der Waals surface area contributed by atoms with Crippen LogP contribution < -0.4 is 5.73 Å². The lowest BCUT2D eigenvalue weighted by Gasteiger charge is -2.08. The molecule has 4 aromatic rings. The summed E-state index contributed by atoms with van der Waals surface area (Å²) in [5, 5.41) is 0.608. The van der Waals surface area contributed by atoms with Crippen molar-refractivity contribution in [1.82, 2.24) is 14.5 Å². The largest absolute Gasteiger partial charge is 0.462 e. The zero-order valence-corrected chi connectivity index (χ0v) is 17.5. The predicted octanol–water partition coefficient (Wildman–Crippen LogP) is 5.55. The Morgan fingerprint density at radius 1 is 1.03 bits per heavy atom. The Morgan fingerprint density at radius 2 is 1.73 bits per heavy atom. The molecule has 0 saturated carbocycles. The Balaban J connectivity index is 1.82. The highest BCUT2D eigenvalue weighted by atomic mass is 35.5. The smallest absolute Gasteiger partial charge is 0.344 e. The fourth-order valence-corrected chi connectivity index (χ4v) is 3.61. The molecule has 0 aliphatic carbocycles. The summed E-state index contributed by atoms with van der Waals surface area (Å²) >= 11 is 6.04. The van der Waals surface area contributed by atoms with E-state index in [-0.39, 0.29) is 11.4 Å². The number of fused-ring (bicyclic) bond motifs is 2. The first-order chi connectivity index (χ1) is 14.6. The Hall–Kier alpha value is -3.12. The third kappa shape index (κ3) is 3.83. The number of benzene rings is 2. The molecule has 2 N–H and O–H groups in total. The molecule has 7 heteroatoms. The van der Waals surface area contributed by atoms with Crippen molar-refractivity contribution in [3.05, 3.63) is 59.1 Å². The number of nitrogens with two attached hydrogens (primary N) is 1. The van der Waals surface area contributed by atoms with Crippen LogP contribution in [0.2, 0.25) is 5.02 Å². The SMILES string of the molecule is CCCCCCOC(=O)c1c(N)n(-c2ccc(Cl)cc2)c2nc3ccccc3nc12. The summed E-state index contributed by atoms with van der Waals surface area (Å²) in [6.45, 7) is 2.49. The Bertz CT molecular complexity index is 1200. The molecule has 0 unspecified atom stereocenters. The van der Waals surface area contributed by atoms with Crippen LogP contribution in [-0.4, -0.2) is 27.1 Å². The van der Waals surface area contributed by atoms with Gasteiger partial charge < -0.3 is 10.5 Å². The second-order valence-corrected chi connectivity index (χ2v) is 7.59. The number of para-hydroxylation sites is 2. The fraction of sp³-hybridized carbons (Fsp3) is 0.261. The van der Waals surface area contributed by atoms with E-state index in [1.807, 2.05) is 36.4 Å². The molecule has 154 valence electrons. The quantitative estimate of drug-likeness (QED) is 0.312. The van der Waals surface area contributed by atoms with Crippen molar-refractivity contribution < 1.29 is 9.53 Å². The normalized spacial score (nSPS) is 11.3. The zero-order valence-electron chi connectivity index (χ0n) is 16.8. The van der Waals surface area contributed by atoms with Crippen LogP contribution in [0.4, 0.5) is 5.82 Å². The van der Waals surface area contributed by atoms with Gasteiger partial charge in [0, 0.05) is 10.7 Å². The van der Waals surface area contributed by atoms with Gasteiger partial charge in [-0.05, 0) is 42.8 Å². The first-order valence-corrected chi connectivity index (χ1v) is 10.5. The first kappa shape index (κ1) is 20.2. The highest BCUT2D eigenvalue weighted by Crippen LogP contribution is 2.31. The topological polar surface area (TPSA) is 83.0 Å². The van der Waals surface area contributed by atoms with E-state index in [0.717, 1.165) is 36.9 Å². The monoisotopic (exact) mass is 422 g/mol. The van der Waals surface area contributed by atoms with Gasteiger partial charge in [-0.25, -0.2) is 14.8 Å². The third-order valence-electron chi connectivity index (χ3n) is 5.02. The maximum atomic E-state index is 12.9. The van der Waals surface area contributed by atoms with Crippen LogP contribution in [0.5, 0.6) is 0 Å². The van der Waals surface area contributed by atoms with Crippen LogP contribution in [-0.2, 0) is 4.74 Å². The molecule has 0 aliphatic heterocycles. The van der Waals surface area contributed by atoms with E-state index in [1.165, 1.54) is 0 Å². The number of anilines is 1. The molecule has 6 nitrogen and oxygen atoms in total. The Labute approximate surface area is 179 Å². The number of nitrogens with zero attached hydrogens (tertiary/aromatic N) is 3. The summed E-state index contributed by atoms with van der Waals surface area (Å²) in [5.41, 5.74) is 9.78. The number of carbonyl (C=O) groups is 1. The van der Waals surface area contributed by atoms with E-state index in [4.69, 9.17) is 32.0 Å². The van der Waals surface area contributed by atoms with Crippen LogP contribution in [0, 0.1) is 0 Å². The van der Waals surface area contributed by atoms with Crippen LogP contribution in [0.15, 0.2) is 48.5 Å². The molecule has 30 heavy (non-hydrogen) atoms. The maximum absolute atomic E-state index is 12.9. The average molecular weight is 423 g/mol. The maximum Gasteiger partial charge on any atom is 0.344 e. The van der Waals surface area contributed by atoms with E-state index in [2.05, 4.69) is 6.92 Å². The van der Waals surface area contributed by atoms with Gasteiger partial charge in [0.15, 0.2) is 5.65 Å². The van der Waals surface area contributed by atoms with Crippen molar-refractivity contribution >= 4 is 45.6 Å². The summed E-state index contributed by atoms with van der Waals surface area (Å²) in [5.74, 6) is -0.229. The molecule has 0 spiro atoms. The molecule has 2 aromatic heterocycles. The van der Waals surface area contributed by atoms with Gasteiger partial charge in [-0.3, -0.25) is 4.57 Å². The lowest BCUT2D eigenvalue weighted by Crippen LogP contribution is -2.10. The number of hydrogen-bond donors (Lipinski definition) is 1. The summed E-state index contributed by atoms with van der Waals surface area (Å²) in [4.78, 5) is 22.4. The van der Waals surface area contributed by atoms with Crippen molar-refractivity contribution in [2.75, 3.05) is 12.3 Å². The average Bonchev–Trinajstić information content (AvgIpc) is 3.03. The van der Waals surface area contributed by atoms with Gasteiger partial charge in [0.25, 0.3) is 0 Å².